The predicted octanol–water partition coefficient (Wildman–Crippen LogP) is 0.726. The molecule has 0 radical (unpaired) electrons. The average molecular weight is 252 g/mol. The molecule has 0 amide bonds. The highest BCUT2D eigenvalue weighted by Crippen LogP contribution is 2.14. The minimum absolute atomic E-state index is 0.251. The first kappa shape index (κ1) is 12.2. The van der Waals surface area contributed by atoms with Crippen LogP contribution in [0.2, 0.25) is 0 Å². The van der Waals surface area contributed by atoms with Crippen LogP contribution in [-0.4, -0.2) is 40.8 Å². The molecule has 0 saturated carbocycles. The Morgan fingerprint density at radius 2 is 2.53 bits per heavy atom. The van der Waals surface area contributed by atoms with Crippen LogP contribution in [-0.2, 0) is 4.74 Å². The van der Waals surface area contributed by atoms with Crippen molar-refractivity contribution in [1.29, 1.82) is 0 Å². The molecule has 1 aliphatic rings. The summed E-state index contributed by atoms with van der Waals surface area (Å²) in [4.78, 5) is 11.0. The first-order valence-corrected chi connectivity index (χ1v) is 6.11. The maximum absolute atomic E-state index is 5.61. The Hall–Kier alpha value is -1.27. The summed E-state index contributed by atoms with van der Waals surface area (Å²) in [5.74, 6) is 0.678. The van der Waals surface area contributed by atoms with E-state index in [4.69, 9.17) is 22.7 Å². The highest BCUT2D eigenvalue weighted by atomic mass is 32.1. The summed E-state index contributed by atoms with van der Waals surface area (Å²) in [6.07, 6.45) is 2.93. The third-order valence-electron chi connectivity index (χ3n) is 2.77. The summed E-state index contributed by atoms with van der Waals surface area (Å²) >= 11 is 4.91. The Balaban J connectivity index is 2.16. The minimum atomic E-state index is 0.251. The molecule has 1 atom stereocenters. The van der Waals surface area contributed by atoms with Gasteiger partial charge in [-0.05, 0) is 12.5 Å². The molecule has 1 unspecified atom stereocenters. The largest absolute Gasteiger partial charge is 0.388 e. The SMILES string of the molecule is CCC1CN(c2nccc(C(N)=S)n2)CCO1. The number of ether oxygens (including phenoxy) is 1. The van der Waals surface area contributed by atoms with E-state index in [1.807, 2.05) is 0 Å². The molecule has 1 saturated heterocycles. The fraction of sp³-hybridized carbons (Fsp3) is 0.545. The molecule has 1 aliphatic heterocycles. The topological polar surface area (TPSA) is 64.3 Å². The van der Waals surface area contributed by atoms with Gasteiger partial charge in [0.05, 0.1) is 12.7 Å². The molecule has 2 heterocycles. The Labute approximate surface area is 106 Å². The Bertz CT molecular complexity index is 412. The van der Waals surface area contributed by atoms with Crippen molar-refractivity contribution < 1.29 is 4.74 Å². The van der Waals surface area contributed by atoms with Gasteiger partial charge in [-0.2, -0.15) is 0 Å². The van der Waals surface area contributed by atoms with Gasteiger partial charge in [0.1, 0.15) is 10.7 Å². The lowest BCUT2D eigenvalue weighted by Gasteiger charge is -2.32. The zero-order chi connectivity index (χ0) is 12.3. The summed E-state index contributed by atoms with van der Waals surface area (Å²) in [6.45, 7) is 4.44. The summed E-state index contributed by atoms with van der Waals surface area (Å²) in [6, 6.07) is 1.73. The smallest absolute Gasteiger partial charge is 0.226 e. The van der Waals surface area contributed by atoms with Crippen LogP contribution in [0, 0.1) is 0 Å². The van der Waals surface area contributed by atoms with Gasteiger partial charge in [-0.25, -0.2) is 9.97 Å². The second-order valence-corrected chi connectivity index (χ2v) is 4.39. The number of morpholine rings is 1. The summed E-state index contributed by atoms with van der Waals surface area (Å²) in [5.41, 5.74) is 6.18. The summed E-state index contributed by atoms with van der Waals surface area (Å²) in [5, 5.41) is 0. The van der Waals surface area contributed by atoms with Gasteiger partial charge < -0.3 is 15.4 Å². The maximum Gasteiger partial charge on any atom is 0.226 e. The van der Waals surface area contributed by atoms with Gasteiger partial charge >= 0.3 is 0 Å². The Kier molecular flexibility index (Phi) is 3.86. The van der Waals surface area contributed by atoms with Gasteiger partial charge in [0, 0.05) is 19.3 Å². The van der Waals surface area contributed by atoms with E-state index in [1.54, 1.807) is 12.3 Å². The van der Waals surface area contributed by atoms with E-state index in [0.29, 0.717) is 23.2 Å². The maximum atomic E-state index is 5.61. The van der Waals surface area contributed by atoms with E-state index in [9.17, 15) is 0 Å². The number of nitrogens with zero attached hydrogens (tertiary/aromatic N) is 3. The highest BCUT2D eigenvalue weighted by Gasteiger charge is 2.21. The van der Waals surface area contributed by atoms with Gasteiger partial charge in [-0.15, -0.1) is 0 Å². The monoisotopic (exact) mass is 252 g/mol. The number of thiocarbonyl (C=S) groups is 1. The van der Waals surface area contributed by atoms with Crippen molar-refractivity contribution in [3.05, 3.63) is 18.0 Å². The number of anilines is 1. The fourth-order valence-corrected chi connectivity index (χ4v) is 1.90. The molecule has 0 bridgehead atoms. The third kappa shape index (κ3) is 2.89. The van der Waals surface area contributed by atoms with Crippen molar-refractivity contribution in [1.82, 2.24) is 9.97 Å². The molecule has 2 N–H and O–H groups in total. The Morgan fingerprint density at radius 3 is 3.24 bits per heavy atom. The van der Waals surface area contributed by atoms with Crippen LogP contribution in [0.15, 0.2) is 12.3 Å². The molecule has 0 spiro atoms. The van der Waals surface area contributed by atoms with Crippen molar-refractivity contribution >= 4 is 23.2 Å². The van der Waals surface area contributed by atoms with Crippen LogP contribution in [0.5, 0.6) is 0 Å². The predicted molar refractivity (Wildman–Crippen MR) is 70.2 cm³/mol. The van der Waals surface area contributed by atoms with Gasteiger partial charge in [-0.3, -0.25) is 0 Å². The van der Waals surface area contributed by atoms with Crippen LogP contribution in [0.4, 0.5) is 5.95 Å². The first-order chi connectivity index (χ1) is 8.20. The molecule has 17 heavy (non-hydrogen) atoms. The number of aromatic nitrogens is 2. The number of hydrogen-bond donors (Lipinski definition) is 1. The molecule has 1 fully saturated rings. The van der Waals surface area contributed by atoms with E-state index in [-0.39, 0.29) is 6.10 Å². The standard InChI is InChI=1S/C11H16N4OS/c1-2-8-7-15(5-6-16-8)11-13-4-3-9(14-11)10(12)17/h3-4,8H,2,5-7H2,1H3,(H2,12,17). The number of hydrogen-bond acceptors (Lipinski definition) is 5. The summed E-state index contributed by atoms with van der Waals surface area (Å²) < 4.78 is 5.61. The second-order valence-electron chi connectivity index (χ2n) is 3.95. The molecule has 2 rings (SSSR count). The normalized spacial score (nSPS) is 20.3. The van der Waals surface area contributed by atoms with Crippen molar-refractivity contribution in [2.75, 3.05) is 24.6 Å². The second kappa shape index (κ2) is 5.37. The lowest BCUT2D eigenvalue weighted by molar-refractivity contribution is 0.0379. The van der Waals surface area contributed by atoms with Crippen LogP contribution < -0.4 is 10.6 Å². The fourth-order valence-electron chi connectivity index (χ4n) is 1.79. The van der Waals surface area contributed by atoms with E-state index in [0.717, 1.165) is 19.5 Å². The van der Waals surface area contributed by atoms with E-state index in [1.165, 1.54) is 0 Å². The molecule has 6 heteroatoms. The van der Waals surface area contributed by atoms with Crippen LogP contribution in [0.1, 0.15) is 19.0 Å². The zero-order valence-corrected chi connectivity index (χ0v) is 10.6. The zero-order valence-electron chi connectivity index (χ0n) is 9.80. The molecule has 92 valence electrons. The number of nitrogens with two attached hydrogens (primary N) is 1. The lowest BCUT2D eigenvalue weighted by Crippen LogP contribution is -2.43. The van der Waals surface area contributed by atoms with Gasteiger partial charge in [-0.1, -0.05) is 19.1 Å². The average Bonchev–Trinajstić information content (AvgIpc) is 2.39. The van der Waals surface area contributed by atoms with Crippen molar-refractivity contribution in [2.45, 2.75) is 19.4 Å². The summed E-state index contributed by atoms with van der Waals surface area (Å²) in [7, 11) is 0. The molecule has 1 aromatic heterocycles. The van der Waals surface area contributed by atoms with Crippen molar-refractivity contribution in [2.24, 2.45) is 5.73 Å². The van der Waals surface area contributed by atoms with Gasteiger partial charge in [0.15, 0.2) is 0 Å². The minimum Gasteiger partial charge on any atom is -0.388 e. The van der Waals surface area contributed by atoms with Crippen LogP contribution in [0.3, 0.4) is 0 Å². The Morgan fingerprint density at radius 1 is 1.71 bits per heavy atom. The van der Waals surface area contributed by atoms with E-state index >= 15 is 0 Å². The molecular weight excluding hydrogens is 236 g/mol. The van der Waals surface area contributed by atoms with E-state index < -0.39 is 0 Å². The third-order valence-corrected chi connectivity index (χ3v) is 2.98. The van der Waals surface area contributed by atoms with Gasteiger partial charge in [0.25, 0.3) is 0 Å². The quantitative estimate of drug-likeness (QED) is 0.800. The molecule has 5 nitrogen and oxygen atoms in total. The molecule has 0 aliphatic carbocycles. The highest BCUT2D eigenvalue weighted by molar-refractivity contribution is 7.80. The van der Waals surface area contributed by atoms with Crippen molar-refractivity contribution in [3.63, 3.8) is 0 Å². The first-order valence-electron chi connectivity index (χ1n) is 5.70. The van der Waals surface area contributed by atoms with E-state index in [2.05, 4.69) is 21.8 Å². The van der Waals surface area contributed by atoms with Crippen LogP contribution in [0.25, 0.3) is 0 Å². The lowest BCUT2D eigenvalue weighted by atomic mass is 10.2. The molecule has 0 aromatic carbocycles. The van der Waals surface area contributed by atoms with Gasteiger partial charge in [0.2, 0.25) is 5.95 Å². The van der Waals surface area contributed by atoms with Crippen molar-refractivity contribution in [3.8, 4) is 0 Å². The molecular formula is C11H16N4OS. The number of rotatable bonds is 3. The van der Waals surface area contributed by atoms with Crippen LogP contribution >= 0.6 is 12.2 Å². The molecule has 1 aromatic rings.